The van der Waals surface area contributed by atoms with Crippen molar-refractivity contribution in [2.24, 2.45) is 5.73 Å². The summed E-state index contributed by atoms with van der Waals surface area (Å²) in [7, 11) is 0. The van der Waals surface area contributed by atoms with Gasteiger partial charge in [-0.25, -0.2) is 0 Å². The Hall–Kier alpha value is -1.31. The minimum Gasteiger partial charge on any atom is -0.366 e. The van der Waals surface area contributed by atoms with E-state index in [0.717, 1.165) is 12.0 Å². The van der Waals surface area contributed by atoms with Crippen LogP contribution in [0.4, 0.5) is 0 Å². The van der Waals surface area contributed by atoms with Crippen LogP contribution in [-0.4, -0.2) is 5.91 Å². The van der Waals surface area contributed by atoms with Gasteiger partial charge in [0.1, 0.15) is 0 Å². The van der Waals surface area contributed by atoms with Crippen molar-refractivity contribution in [1.82, 2.24) is 0 Å². The number of benzene rings is 1. The van der Waals surface area contributed by atoms with Crippen LogP contribution in [0.3, 0.4) is 0 Å². The highest BCUT2D eigenvalue weighted by Crippen LogP contribution is 2.21. The number of aryl methyl sites for hydroxylation is 1. The first-order valence-corrected chi connectivity index (χ1v) is 12.5. The second-order valence-corrected chi connectivity index (χ2v) is 8.95. The zero-order chi connectivity index (χ0) is 21.3. The van der Waals surface area contributed by atoms with E-state index in [1.165, 1.54) is 114 Å². The van der Waals surface area contributed by atoms with Crippen molar-refractivity contribution in [2.45, 2.75) is 130 Å². The molecule has 166 valence electrons. The van der Waals surface area contributed by atoms with Gasteiger partial charge in [-0.15, -0.1) is 0 Å². The van der Waals surface area contributed by atoms with Gasteiger partial charge in [0.2, 0.25) is 5.91 Å². The summed E-state index contributed by atoms with van der Waals surface area (Å²) in [5.41, 5.74) is 9.86. The first kappa shape index (κ1) is 25.7. The third kappa shape index (κ3) is 11.5. The van der Waals surface area contributed by atoms with Gasteiger partial charge < -0.3 is 5.73 Å². The Labute approximate surface area is 181 Å². The lowest BCUT2D eigenvalue weighted by Gasteiger charge is -2.12. The molecular formula is C27H47NO. The second-order valence-electron chi connectivity index (χ2n) is 8.95. The molecule has 0 aromatic heterocycles. The summed E-state index contributed by atoms with van der Waals surface area (Å²) < 4.78 is 0. The summed E-state index contributed by atoms with van der Waals surface area (Å²) in [5, 5.41) is 0. The van der Waals surface area contributed by atoms with Crippen molar-refractivity contribution in [3.05, 3.63) is 34.4 Å². The molecule has 0 bridgehead atoms. The van der Waals surface area contributed by atoms with Gasteiger partial charge in [-0.2, -0.15) is 0 Å². The quantitative estimate of drug-likeness (QED) is 0.247. The highest BCUT2D eigenvalue weighted by molar-refractivity contribution is 5.94. The fraction of sp³-hybridized carbons (Fsp3) is 0.741. The molecule has 0 heterocycles. The predicted molar refractivity (Wildman–Crippen MR) is 128 cm³/mol. The molecule has 1 aromatic carbocycles. The van der Waals surface area contributed by atoms with Crippen LogP contribution in [0.5, 0.6) is 0 Å². The van der Waals surface area contributed by atoms with Crippen LogP contribution in [0.1, 0.15) is 137 Å². The van der Waals surface area contributed by atoms with Crippen LogP contribution in [0.15, 0.2) is 12.1 Å². The second kappa shape index (κ2) is 16.5. The fourth-order valence-electron chi connectivity index (χ4n) is 4.39. The van der Waals surface area contributed by atoms with Crippen LogP contribution >= 0.6 is 0 Å². The molecule has 2 heteroatoms. The summed E-state index contributed by atoms with van der Waals surface area (Å²) in [6, 6.07) is 3.90. The number of carbonyl (C=O) groups is 1. The summed E-state index contributed by atoms with van der Waals surface area (Å²) in [6.45, 7) is 6.46. The minimum absolute atomic E-state index is 0.310. The molecule has 0 saturated carbocycles. The van der Waals surface area contributed by atoms with Crippen molar-refractivity contribution < 1.29 is 4.79 Å². The third-order valence-corrected chi connectivity index (χ3v) is 6.38. The van der Waals surface area contributed by atoms with Gasteiger partial charge in [0, 0.05) is 5.56 Å². The Morgan fingerprint density at radius 2 is 1.10 bits per heavy atom. The molecular weight excluding hydrogens is 354 g/mol. The molecule has 2 N–H and O–H groups in total. The molecule has 0 aliphatic heterocycles. The van der Waals surface area contributed by atoms with Crippen LogP contribution in [0, 0.1) is 13.8 Å². The van der Waals surface area contributed by atoms with E-state index in [-0.39, 0.29) is 5.91 Å². The first-order chi connectivity index (χ1) is 14.1. The highest BCUT2D eigenvalue weighted by atomic mass is 16.1. The molecule has 1 rings (SSSR count). The van der Waals surface area contributed by atoms with E-state index in [9.17, 15) is 4.79 Å². The Balaban J connectivity index is 1.97. The molecule has 1 aromatic rings. The number of hydrogen-bond acceptors (Lipinski definition) is 1. The first-order valence-electron chi connectivity index (χ1n) is 12.5. The maximum Gasteiger partial charge on any atom is 0.248 e. The number of unbranched alkanes of at least 4 members (excludes halogenated alkanes) is 15. The van der Waals surface area contributed by atoms with Gasteiger partial charge in [-0.05, 0) is 49.4 Å². The van der Waals surface area contributed by atoms with E-state index < -0.39 is 0 Å². The van der Waals surface area contributed by atoms with Crippen molar-refractivity contribution in [3.8, 4) is 0 Å². The zero-order valence-corrected chi connectivity index (χ0v) is 19.7. The van der Waals surface area contributed by atoms with Gasteiger partial charge in [-0.3, -0.25) is 4.79 Å². The topological polar surface area (TPSA) is 43.1 Å². The van der Waals surface area contributed by atoms with E-state index in [0.29, 0.717) is 5.56 Å². The minimum atomic E-state index is -0.310. The van der Waals surface area contributed by atoms with Crippen LogP contribution in [-0.2, 0) is 6.42 Å². The van der Waals surface area contributed by atoms with E-state index in [2.05, 4.69) is 13.8 Å². The molecule has 2 nitrogen and oxygen atoms in total. The summed E-state index contributed by atoms with van der Waals surface area (Å²) in [5.74, 6) is -0.310. The van der Waals surface area contributed by atoms with Gasteiger partial charge in [0.15, 0.2) is 0 Å². The van der Waals surface area contributed by atoms with Crippen molar-refractivity contribution in [1.29, 1.82) is 0 Å². The number of nitrogens with two attached hydrogens (primary N) is 1. The number of hydrogen-bond donors (Lipinski definition) is 1. The van der Waals surface area contributed by atoms with Gasteiger partial charge in [0.25, 0.3) is 0 Å². The molecule has 0 unspecified atom stereocenters. The predicted octanol–water partition coefficient (Wildman–Crippen LogP) is 8.21. The van der Waals surface area contributed by atoms with E-state index in [1.807, 2.05) is 19.1 Å². The Bertz CT molecular complexity index is 564. The summed E-state index contributed by atoms with van der Waals surface area (Å²) >= 11 is 0. The molecule has 0 aliphatic rings. The smallest absolute Gasteiger partial charge is 0.248 e. The maximum atomic E-state index is 11.5. The molecule has 0 fully saturated rings. The molecule has 0 spiro atoms. The molecule has 0 atom stereocenters. The van der Waals surface area contributed by atoms with Gasteiger partial charge in [0.05, 0.1) is 0 Å². The van der Waals surface area contributed by atoms with Crippen molar-refractivity contribution in [2.75, 3.05) is 0 Å². The third-order valence-electron chi connectivity index (χ3n) is 6.38. The molecule has 1 amide bonds. The highest BCUT2D eigenvalue weighted by Gasteiger charge is 2.10. The zero-order valence-electron chi connectivity index (χ0n) is 19.7. The normalized spacial score (nSPS) is 11.1. The van der Waals surface area contributed by atoms with Crippen molar-refractivity contribution in [3.63, 3.8) is 0 Å². The Kier molecular flexibility index (Phi) is 14.6. The lowest BCUT2D eigenvalue weighted by atomic mass is 9.93. The van der Waals surface area contributed by atoms with E-state index >= 15 is 0 Å². The van der Waals surface area contributed by atoms with Crippen LogP contribution in [0.25, 0.3) is 0 Å². The lowest BCUT2D eigenvalue weighted by molar-refractivity contribution is 0.0999. The van der Waals surface area contributed by atoms with Gasteiger partial charge in [-0.1, -0.05) is 109 Å². The Morgan fingerprint density at radius 1 is 0.690 bits per heavy atom. The average Bonchev–Trinajstić information content (AvgIpc) is 2.69. The monoisotopic (exact) mass is 401 g/mol. The SMILES string of the molecule is CCCCCCCCCCCCCCCCCCc1c(C)ccc(C(N)=O)c1C. The lowest BCUT2D eigenvalue weighted by Crippen LogP contribution is -2.14. The molecule has 0 radical (unpaired) electrons. The standard InChI is InChI=1S/C27H47NO/c1-4-5-6-7-8-9-10-11-12-13-14-15-16-17-18-19-20-25-23(2)21-22-26(24(25)3)27(28)29/h21-22H,4-20H2,1-3H3,(H2,28,29). The fourth-order valence-corrected chi connectivity index (χ4v) is 4.39. The molecule has 0 saturated heterocycles. The number of amides is 1. The van der Waals surface area contributed by atoms with Crippen LogP contribution < -0.4 is 5.73 Å². The van der Waals surface area contributed by atoms with Crippen LogP contribution in [0.2, 0.25) is 0 Å². The average molecular weight is 402 g/mol. The van der Waals surface area contributed by atoms with Gasteiger partial charge >= 0.3 is 0 Å². The number of carbonyl (C=O) groups excluding carboxylic acids is 1. The summed E-state index contributed by atoms with van der Waals surface area (Å²) in [4.78, 5) is 11.5. The number of rotatable bonds is 18. The number of primary amides is 1. The maximum absolute atomic E-state index is 11.5. The largest absolute Gasteiger partial charge is 0.366 e. The van der Waals surface area contributed by atoms with E-state index in [4.69, 9.17) is 5.73 Å². The summed E-state index contributed by atoms with van der Waals surface area (Å²) in [6.07, 6.45) is 23.4. The van der Waals surface area contributed by atoms with E-state index in [1.54, 1.807) is 0 Å². The Morgan fingerprint density at radius 3 is 1.52 bits per heavy atom. The molecule has 29 heavy (non-hydrogen) atoms. The molecule has 0 aliphatic carbocycles. The van der Waals surface area contributed by atoms with Crippen molar-refractivity contribution >= 4 is 5.91 Å².